The molecule has 0 amide bonds. The van der Waals surface area contributed by atoms with Gasteiger partial charge in [-0.2, -0.15) is 0 Å². The number of nitrogens with one attached hydrogen (secondary N) is 2. The van der Waals surface area contributed by atoms with Crippen LogP contribution in [0, 0.1) is 12.8 Å². The zero-order valence-corrected chi connectivity index (χ0v) is 11.2. The first-order valence-corrected chi connectivity index (χ1v) is 6.64. The summed E-state index contributed by atoms with van der Waals surface area (Å²) in [6, 6.07) is 4.18. The number of aromatic nitrogens is 1. The zero-order chi connectivity index (χ0) is 12.8. The molecule has 0 radical (unpaired) electrons. The molecule has 1 fully saturated rings. The topological polar surface area (TPSA) is 49.3 Å². The Morgan fingerprint density at radius 2 is 2.22 bits per heavy atom. The van der Waals surface area contributed by atoms with E-state index in [1.54, 1.807) is 0 Å². The Morgan fingerprint density at radius 1 is 1.39 bits per heavy atom. The monoisotopic (exact) mass is 246 g/mol. The minimum Gasteiger partial charge on any atom is -0.356 e. The third-order valence-corrected chi connectivity index (χ3v) is 3.16. The van der Waals surface area contributed by atoms with E-state index in [1.807, 2.05) is 20.2 Å². The molecule has 0 bridgehead atoms. The van der Waals surface area contributed by atoms with Crippen LogP contribution in [0.1, 0.15) is 24.1 Å². The van der Waals surface area contributed by atoms with Gasteiger partial charge < -0.3 is 10.6 Å². The molecule has 1 aliphatic carbocycles. The predicted molar refractivity (Wildman–Crippen MR) is 74.8 cm³/mol. The quantitative estimate of drug-likeness (QED) is 0.611. The van der Waals surface area contributed by atoms with Gasteiger partial charge in [0.15, 0.2) is 5.96 Å². The van der Waals surface area contributed by atoms with Gasteiger partial charge in [0.25, 0.3) is 0 Å². The molecule has 1 aromatic rings. The molecule has 1 heterocycles. The minimum atomic E-state index is 0.866. The number of aliphatic imine (C=N–C) groups is 1. The highest BCUT2D eigenvalue weighted by Gasteiger charge is 2.20. The summed E-state index contributed by atoms with van der Waals surface area (Å²) < 4.78 is 0. The van der Waals surface area contributed by atoms with Crippen LogP contribution in [0.4, 0.5) is 0 Å². The molecule has 2 N–H and O–H groups in total. The van der Waals surface area contributed by atoms with E-state index in [4.69, 9.17) is 0 Å². The Balaban J connectivity index is 1.67. The second-order valence-electron chi connectivity index (χ2n) is 4.88. The van der Waals surface area contributed by atoms with Gasteiger partial charge in [-0.1, -0.05) is 6.07 Å². The number of hydrogen-bond acceptors (Lipinski definition) is 2. The molecular weight excluding hydrogens is 224 g/mol. The molecule has 1 aromatic heterocycles. The van der Waals surface area contributed by atoms with Gasteiger partial charge in [0.1, 0.15) is 0 Å². The van der Waals surface area contributed by atoms with Gasteiger partial charge in [-0.3, -0.25) is 9.98 Å². The molecular formula is C14H22N4. The van der Waals surface area contributed by atoms with Crippen LogP contribution in [-0.2, 0) is 6.42 Å². The van der Waals surface area contributed by atoms with E-state index in [2.05, 4.69) is 32.7 Å². The van der Waals surface area contributed by atoms with Crippen molar-refractivity contribution in [2.75, 3.05) is 20.1 Å². The smallest absolute Gasteiger partial charge is 0.190 e. The van der Waals surface area contributed by atoms with Crippen LogP contribution < -0.4 is 10.6 Å². The van der Waals surface area contributed by atoms with E-state index in [1.165, 1.54) is 18.4 Å². The van der Waals surface area contributed by atoms with Crippen molar-refractivity contribution in [1.29, 1.82) is 0 Å². The van der Waals surface area contributed by atoms with Crippen molar-refractivity contribution in [1.82, 2.24) is 15.6 Å². The molecule has 0 saturated heterocycles. The summed E-state index contributed by atoms with van der Waals surface area (Å²) in [5, 5.41) is 6.68. The van der Waals surface area contributed by atoms with Crippen LogP contribution in [-0.4, -0.2) is 31.1 Å². The van der Waals surface area contributed by atoms with Crippen molar-refractivity contribution >= 4 is 5.96 Å². The van der Waals surface area contributed by atoms with Crippen LogP contribution in [0.2, 0.25) is 0 Å². The molecule has 0 atom stereocenters. The SMILES string of the molecule is CN=C(NCCc1ccc(C)nc1)NCC1CC1. The molecule has 2 rings (SSSR count). The molecule has 1 saturated carbocycles. The second kappa shape index (κ2) is 6.38. The van der Waals surface area contributed by atoms with Gasteiger partial charge in [0.05, 0.1) is 0 Å². The average molecular weight is 246 g/mol. The number of nitrogens with zero attached hydrogens (tertiary/aromatic N) is 2. The highest BCUT2D eigenvalue weighted by atomic mass is 15.2. The molecule has 0 unspecified atom stereocenters. The van der Waals surface area contributed by atoms with Crippen molar-refractivity contribution < 1.29 is 0 Å². The summed E-state index contributed by atoms with van der Waals surface area (Å²) in [6.07, 6.45) is 5.63. The maximum Gasteiger partial charge on any atom is 0.190 e. The molecule has 1 aliphatic rings. The molecule has 0 aromatic carbocycles. The Labute approximate surface area is 109 Å². The number of aryl methyl sites for hydroxylation is 1. The molecule has 0 spiro atoms. The number of rotatable bonds is 5. The molecule has 4 heteroatoms. The Morgan fingerprint density at radius 3 is 2.83 bits per heavy atom. The average Bonchev–Trinajstić information content (AvgIpc) is 3.20. The fraction of sp³-hybridized carbons (Fsp3) is 0.571. The molecule has 0 aliphatic heterocycles. The summed E-state index contributed by atoms with van der Waals surface area (Å²) in [5.74, 6) is 1.77. The van der Waals surface area contributed by atoms with E-state index >= 15 is 0 Å². The first-order valence-electron chi connectivity index (χ1n) is 6.64. The fourth-order valence-corrected chi connectivity index (χ4v) is 1.76. The van der Waals surface area contributed by atoms with Gasteiger partial charge in [-0.25, -0.2) is 0 Å². The van der Waals surface area contributed by atoms with Crippen molar-refractivity contribution in [2.24, 2.45) is 10.9 Å². The van der Waals surface area contributed by atoms with Crippen LogP contribution in [0.25, 0.3) is 0 Å². The Bertz CT molecular complexity index is 393. The minimum absolute atomic E-state index is 0.866. The van der Waals surface area contributed by atoms with Crippen LogP contribution in [0.15, 0.2) is 23.3 Å². The fourth-order valence-electron chi connectivity index (χ4n) is 1.76. The normalized spacial score (nSPS) is 15.6. The Kier molecular flexibility index (Phi) is 4.56. The van der Waals surface area contributed by atoms with E-state index in [0.717, 1.165) is 37.1 Å². The second-order valence-corrected chi connectivity index (χ2v) is 4.88. The number of hydrogen-bond donors (Lipinski definition) is 2. The third-order valence-electron chi connectivity index (χ3n) is 3.16. The van der Waals surface area contributed by atoms with Gasteiger partial charge in [0, 0.05) is 32.0 Å². The summed E-state index contributed by atoms with van der Waals surface area (Å²) >= 11 is 0. The van der Waals surface area contributed by atoms with E-state index in [9.17, 15) is 0 Å². The zero-order valence-electron chi connectivity index (χ0n) is 11.2. The summed E-state index contributed by atoms with van der Waals surface area (Å²) in [6.45, 7) is 3.94. The lowest BCUT2D eigenvalue weighted by molar-refractivity contribution is 0.734. The number of guanidine groups is 1. The van der Waals surface area contributed by atoms with Gasteiger partial charge in [-0.05, 0) is 43.7 Å². The summed E-state index contributed by atoms with van der Waals surface area (Å²) in [5.41, 5.74) is 2.32. The highest BCUT2D eigenvalue weighted by Crippen LogP contribution is 2.27. The third kappa shape index (κ3) is 4.35. The summed E-state index contributed by atoms with van der Waals surface area (Å²) in [7, 11) is 1.82. The standard InChI is InChI=1S/C14H22N4/c1-11-3-4-13(9-17-11)7-8-16-14(15-2)18-10-12-5-6-12/h3-4,9,12H,5-8,10H2,1-2H3,(H2,15,16,18). The number of pyridine rings is 1. The van der Waals surface area contributed by atoms with Crippen LogP contribution >= 0.6 is 0 Å². The van der Waals surface area contributed by atoms with Gasteiger partial charge in [0.2, 0.25) is 0 Å². The lowest BCUT2D eigenvalue weighted by Crippen LogP contribution is -2.39. The molecule has 4 nitrogen and oxygen atoms in total. The molecule has 18 heavy (non-hydrogen) atoms. The Hall–Kier alpha value is -1.58. The predicted octanol–water partition coefficient (Wildman–Crippen LogP) is 1.51. The van der Waals surface area contributed by atoms with E-state index in [0.29, 0.717) is 0 Å². The maximum absolute atomic E-state index is 4.29. The van der Waals surface area contributed by atoms with Gasteiger partial charge in [-0.15, -0.1) is 0 Å². The van der Waals surface area contributed by atoms with Crippen molar-refractivity contribution in [2.45, 2.75) is 26.2 Å². The van der Waals surface area contributed by atoms with E-state index < -0.39 is 0 Å². The largest absolute Gasteiger partial charge is 0.356 e. The first kappa shape index (κ1) is 12.9. The maximum atomic E-state index is 4.29. The van der Waals surface area contributed by atoms with Crippen molar-refractivity contribution in [3.05, 3.63) is 29.6 Å². The van der Waals surface area contributed by atoms with E-state index in [-0.39, 0.29) is 0 Å². The van der Waals surface area contributed by atoms with Gasteiger partial charge >= 0.3 is 0 Å². The van der Waals surface area contributed by atoms with Crippen molar-refractivity contribution in [3.8, 4) is 0 Å². The van der Waals surface area contributed by atoms with Crippen LogP contribution in [0.3, 0.4) is 0 Å². The summed E-state index contributed by atoms with van der Waals surface area (Å²) in [4.78, 5) is 8.50. The lowest BCUT2D eigenvalue weighted by atomic mass is 10.2. The molecule has 98 valence electrons. The van der Waals surface area contributed by atoms with Crippen LogP contribution in [0.5, 0.6) is 0 Å². The first-order chi connectivity index (χ1) is 8.78. The highest BCUT2D eigenvalue weighted by molar-refractivity contribution is 5.79. The van der Waals surface area contributed by atoms with Crippen molar-refractivity contribution in [3.63, 3.8) is 0 Å². The lowest BCUT2D eigenvalue weighted by Gasteiger charge is -2.11.